The van der Waals surface area contributed by atoms with Crippen LogP contribution in [0.25, 0.3) is 0 Å². The molecule has 0 saturated carbocycles. The average Bonchev–Trinajstić information content (AvgIpc) is 2.77. The van der Waals surface area contributed by atoms with Crippen LogP contribution in [0, 0.1) is 23.0 Å². The molecule has 7 nitrogen and oxygen atoms in total. The third kappa shape index (κ3) is 6.30. The van der Waals surface area contributed by atoms with Gasteiger partial charge in [0.2, 0.25) is 5.91 Å². The van der Waals surface area contributed by atoms with Crippen molar-refractivity contribution in [3.05, 3.63) is 75.3 Å². The van der Waals surface area contributed by atoms with Gasteiger partial charge in [-0.1, -0.05) is 35.9 Å². The molecule has 0 aromatic heterocycles. The first-order valence-electron chi connectivity index (χ1n) is 10.5. The zero-order valence-corrected chi connectivity index (χ0v) is 18.0. The van der Waals surface area contributed by atoms with Gasteiger partial charge in [-0.2, -0.15) is 13.2 Å². The Hall–Kier alpha value is -3.43. The smallest absolute Gasteiger partial charge is 0.338 e. The van der Waals surface area contributed by atoms with Crippen molar-refractivity contribution >= 4 is 17.5 Å². The summed E-state index contributed by atoms with van der Waals surface area (Å²) in [7, 11) is 0. The lowest BCUT2D eigenvalue weighted by Gasteiger charge is -2.35. The number of aryl methyl sites for hydroxylation is 1. The third-order valence-electron chi connectivity index (χ3n) is 5.59. The Labute approximate surface area is 188 Å². The Bertz CT molecular complexity index is 1020. The molecule has 1 aliphatic rings. The van der Waals surface area contributed by atoms with E-state index in [0.717, 1.165) is 5.56 Å². The van der Waals surface area contributed by atoms with Crippen molar-refractivity contribution in [2.24, 2.45) is 5.92 Å². The molecular formula is C23H24F3N3O4. The first kappa shape index (κ1) is 24.2. The highest BCUT2D eigenvalue weighted by Gasteiger charge is 2.38. The minimum absolute atomic E-state index is 0.00319. The fourth-order valence-corrected chi connectivity index (χ4v) is 3.96. The van der Waals surface area contributed by atoms with E-state index in [9.17, 15) is 32.9 Å². The number of piperidine rings is 1. The number of halogens is 3. The lowest BCUT2D eigenvalue weighted by Crippen LogP contribution is -2.48. The van der Waals surface area contributed by atoms with Gasteiger partial charge >= 0.3 is 6.18 Å². The molecule has 0 radical (unpaired) electrons. The number of nitro benzene ring substituents is 1. The van der Waals surface area contributed by atoms with Gasteiger partial charge in [-0.3, -0.25) is 19.7 Å². The summed E-state index contributed by atoms with van der Waals surface area (Å²) in [4.78, 5) is 38.6. The Morgan fingerprint density at radius 2 is 1.82 bits per heavy atom. The summed E-state index contributed by atoms with van der Waals surface area (Å²) in [5.74, 6) is -1.88. The van der Waals surface area contributed by atoms with Gasteiger partial charge in [0.05, 0.1) is 17.4 Å². The number of para-hydroxylation sites is 1. The van der Waals surface area contributed by atoms with E-state index in [1.165, 1.54) is 29.2 Å². The molecular weight excluding hydrogens is 439 g/mol. The largest absolute Gasteiger partial charge is 0.406 e. The lowest BCUT2D eigenvalue weighted by molar-refractivity contribution is -0.385. The summed E-state index contributed by atoms with van der Waals surface area (Å²) >= 11 is 0. The number of carbonyl (C=O) groups is 2. The third-order valence-corrected chi connectivity index (χ3v) is 5.59. The Balaban J connectivity index is 1.79. The maximum absolute atomic E-state index is 13.3. The predicted molar refractivity (Wildman–Crippen MR) is 114 cm³/mol. The fraction of sp³-hybridized carbons (Fsp3) is 0.391. The van der Waals surface area contributed by atoms with Gasteiger partial charge in [0.15, 0.2) is 0 Å². The molecule has 3 rings (SSSR count). The van der Waals surface area contributed by atoms with Crippen LogP contribution in [0.4, 0.5) is 18.9 Å². The summed E-state index contributed by atoms with van der Waals surface area (Å²) in [6.07, 6.45) is -3.87. The molecule has 1 saturated heterocycles. The zero-order valence-electron chi connectivity index (χ0n) is 18.0. The highest BCUT2D eigenvalue weighted by atomic mass is 19.4. The topological polar surface area (TPSA) is 83.8 Å². The molecule has 0 spiro atoms. The van der Waals surface area contributed by atoms with E-state index in [0.29, 0.717) is 29.8 Å². The molecule has 2 aromatic rings. The Morgan fingerprint density at radius 3 is 2.45 bits per heavy atom. The number of likely N-dealkylation sites (tertiary alicyclic amines) is 1. The highest BCUT2D eigenvalue weighted by molar-refractivity contribution is 5.94. The first-order chi connectivity index (χ1) is 15.5. The van der Waals surface area contributed by atoms with Crippen molar-refractivity contribution in [1.82, 2.24) is 9.80 Å². The normalized spacial score (nSPS) is 16.4. The van der Waals surface area contributed by atoms with Gasteiger partial charge in [0, 0.05) is 30.3 Å². The van der Waals surface area contributed by atoms with Crippen molar-refractivity contribution in [3.8, 4) is 0 Å². The van der Waals surface area contributed by atoms with Crippen molar-refractivity contribution in [2.45, 2.75) is 32.5 Å². The Kier molecular flexibility index (Phi) is 7.35. The minimum atomic E-state index is -4.68. The fourth-order valence-electron chi connectivity index (χ4n) is 3.96. The molecule has 1 aliphatic heterocycles. The number of carbonyl (C=O) groups excluding carboxylic acids is 2. The second-order valence-electron chi connectivity index (χ2n) is 8.15. The zero-order chi connectivity index (χ0) is 24.2. The van der Waals surface area contributed by atoms with Gasteiger partial charge in [0.25, 0.3) is 11.6 Å². The van der Waals surface area contributed by atoms with Crippen LogP contribution in [0.3, 0.4) is 0 Å². The van der Waals surface area contributed by atoms with Crippen molar-refractivity contribution < 1.29 is 27.7 Å². The standard InChI is InChI=1S/C23H24F3N3O4/c1-16-8-10-17(11-9-16)21(30)27-12-4-6-19(14-27)22(31)28(15-23(24,25)26)13-18-5-2-3-7-20(18)29(32)33/h2-3,5,7-11,19H,4,6,12-15H2,1H3. The molecule has 2 aromatic carbocycles. The molecule has 1 unspecified atom stereocenters. The quantitative estimate of drug-likeness (QED) is 0.471. The van der Waals surface area contributed by atoms with E-state index < -0.39 is 36.0 Å². The van der Waals surface area contributed by atoms with Gasteiger partial charge < -0.3 is 9.80 Å². The van der Waals surface area contributed by atoms with E-state index in [2.05, 4.69) is 0 Å². The van der Waals surface area contributed by atoms with E-state index in [1.54, 1.807) is 24.3 Å². The maximum Gasteiger partial charge on any atom is 0.406 e. The van der Waals surface area contributed by atoms with Crippen LogP contribution < -0.4 is 0 Å². The van der Waals surface area contributed by atoms with Crippen LogP contribution in [0.1, 0.15) is 34.3 Å². The summed E-state index contributed by atoms with van der Waals surface area (Å²) in [5.41, 5.74) is 1.09. The number of hydrogen-bond acceptors (Lipinski definition) is 4. The summed E-state index contributed by atoms with van der Waals surface area (Å²) in [6.45, 7) is 0.213. The summed E-state index contributed by atoms with van der Waals surface area (Å²) in [6, 6.07) is 12.3. The van der Waals surface area contributed by atoms with Crippen molar-refractivity contribution in [3.63, 3.8) is 0 Å². The first-order valence-corrected chi connectivity index (χ1v) is 10.5. The molecule has 10 heteroatoms. The maximum atomic E-state index is 13.3. The summed E-state index contributed by atoms with van der Waals surface area (Å²) < 4.78 is 39.8. The molecule has 0 N–H and O–H groups in total. The van der Waals surface area contributed by atoms with Crippen molar-refractivity contribution in [1.29, 1.82) is 0 Å². The van der Waals surface area contributed by atoms with Gasteiger partial charge in [0.1, 0.15) is 6.54 Å². The number of alkyl halides is 3. The second kappa shape index (κ2) is 10.0. The van der Waals surface area contributed by atoms with E-state index in [4.69, 9.17) is 0 Å². The molecule has 1 atom stereocenters. The van der Waals surface area contributed by atoms with Crippen LogP contribution in [-0.2, 0) is 11.3 Å². The van der Waals surface area contributed by atoms with Gasteiger partial charge in [-0.15, -0.1) is 0 Å². The monoisotopic (exact) mass is 463 g/mol. The lowest BCUT2D eigenvalue weighted by atomic mass is 9.95. The van der Waals surface area contributed by atoms with Crippen LogP contribution in [0.2, 0.25) is 0 Å². The predicted octanol–water partition coefficient (Wildman–Crippen LogP) is 4.35. The van der Waals surface area contributed by atoms with E-state index in [-0.39, 0.29) is 23.7 Å². The highest BCUT2D eigenvalue weighted by Crippen LogP contribution is 2.27. The number of hydrogen-bond donors (Lipinski definition) is 0. The van der Waals surface area contributed by atoms with Crippen molar-refractivity contribution in [2.75, 3.05) is 19.6 Å². The SMILES string of the molecule is Cc1ccc(C(=O)N2CCCC(C(=O)N(Cc3ccccc3[N+](=O)[O-])CC(F)(F)F)C2)cc1. The van der Waals surface area contributed by atoms with Crippen LogP contribution >= 0.6 is 0 Å². The number of rotatable bonds is 6. The molecule has 2 amide bonds. The van der Waals surface area contributed by atoms with E-state index >= 15 is 0 Å². The van der Waals surface area contributed by atoms with Crippen LogP contribution in [-0.4, -0.2) is 52.3 Å². The number of nitrogens with zero attached hydrogens (tertiary/aromatic N) is 3. The molecule has 176 valence electrons. The summed E-state index contributed by atoms with van der Waals surface area (Å²) in [5, 5.41) is 11.3. The molecule has 0 bridgehead atoms. The molecule has 1 heterocycles. The van der Waals surface area contributed by atoms with Gasteiger partial charge in [-0.05, 0) is 31.9 Å². The molecule has 33 heavy (non-hydrogen) atoms. The molecule has 0 aliphatic carbocycles. The second-order valence-corrected chi connectivity index (χ2v) is 8.15. The number of amides is 2. The van der Waals surface area contributed by atoms with E-state index in [1.807, 2.05) is 6.92 Å². The van der Waals surface area contributed by atoms with Gasteiger partial charge in [-0.25, -0.2) is 0 Å². The Morgan fingerprint density at radius 1 is 1.15 bits per heavy atom. The number of benzene rings is 2. The molecule has 1 fully saturated rings. The number of nitro groups is 1. The average molecular weight is 463 g/mol. The van der Waals surface area contributed by atoms with Crippen LogP contribution in [0.5, 0.6) is 0 Å². The van der Waals surface area contributed by atoms with Crippen LogP contribution in [0.15, 0.2) is 48.5 Å². The minimum Gasteiger partial charge on any atom is -0.338 e.